The number of benzene rings is 1. The number of amides is 2. The Morgan fingerprint density at radius 1 is 1.19 bits per heavy atom. The van der Waals surface area contributed by atoms with Crippen LogP contribution in [0.2, 0.25) is 0 Å². The van der Waals surface area contributed by atoms with Gasteiger partial charge in [0.2, 0.25) is 5.91 Å². The number of anilines is 1. The lowest BCUT2D eigenvalue weighted by Gasteiger charge is -2.32. The van der Waals surface area contributed by atoms with E-state index in [0.29, 0.717) is 24.5 Å². The van der Waals surface area contributed by atoms with Gasteiger partial charge in [-0.15, -0.1) is 11.8 Å². The van der Waals surface area contributed by atoms with Crippen molar-refractivity contribution < 1.29 is 19.1 Å². The largest absolute Gasteiger partial charge is 0.468 e. The number of nitrogens with one attached hydrogen (secondary N) is 1. The second kappa shape index (κ2) is 10.4. The Morgan fingerprint density at radius 3 is 2.71 bits per heavy atom. The lowest BCUT2D eigenvalue weighted by molar-refractivity contribution is -0.139. The first-order valence-corrected chi connectivity index (χ1v) is 11.1. The molecule has 1 fully saturated rings. The molecule has 3 rings (SSSR count). The van der Waals surface area contributed by atoms with Gasteiger partial charge in [0.15, 0.2) is 0 Å². The van der Waals surface area contributed by atoms with Crippen LogP contribution in [0.1, 0.15) is 35.8 Å². The first kappa shape index (κ1) is 22.8. The van der Waals surface area contributed by atoms with Gasteiger partial charge in [-0.1, -0.05) is 18.2 Å². The zero-order chi connectivity index (χ0) is 22.4. The van der Waals surface area contributed by atoms with E-state index in [4.69, 9.17) is 4.74 Å². The summed E-state index contributed by atoms with van der Waals surface area (Å²) in [6.07, 6.45) is 1.47. The summed E-state index contributed by atoms with van der Waals surface area (Å²) in [6, 6.07) is 12.7. The number of nitrogens with zero attached hydrogens (tertiary/aromatic N) is 2. The number of methoxy groups -OCH3 is 1. The molecule has 2 unspecified atom stereocenters. The molecule has 31 heavy (non-hydrogen) atoms. The number of likely N-dealkylation sites (tertiary alicyclic amines) is 1. The van der Waals surface area contributed by atoms with Crippen LogP contribution in [0.15, 0.2) is 47.4 Å². The van der Waals surface area contributed by atoms with Gasteiger partial charge in [-0.25, -0.2) is 4.98 Å². The summed E-state index contributed by atoms with van der Waals surface area (Å²) in [6.45, 7) is 4.56. The topological polar surface area (TPSA) is 88.6 Å². The van der Waals surface area contributed by atoms with Crippen LogP contribution in [-0.4, -0.2) is 53.1 Å². The van der Waals surface area contributed by atoms with Crippen LogP contribution in [0.4, 0.5) is 5.82 Å². The van der Waals surface area contributed by atoms with Crippen LogP contribution in [0.3, 0.4) is 0 Å². The maximum absolute atomic E-state index is 13.3. The molecule has 0 bridgehead atoms. The summed E-state index contributed by atoms with van der Waals surface area (Å²) in [4.78, 5) is 44.6. The Balaban J connectivity index is 1.70. The molecule has 2 atom stereocenters. The SMILES string of the molecule is COC(=O)C(C)Sc1ccccc1C(=O)N1CCCC(C(=O)Nc2cccc(C)n2)C1. The summed E-state index contributed by atoms with van der Waals surface area (Å²) in [7, 11) is 1.35. The Morgan fingerprint density at radius 2 is 1.97 bits per heavy atom. The Labute approximate surface area is 186 Å². The molecule has 8 heteroatoms. The normalized spacial score (nSPS) is 17.0. The van der Waals surface area contributed by atoms with Crippen LogP contribution < -0.4 is 5.32 Å². The average molecular weight is 442 g/mol. The minimum atomic E-state index is -0.430. The summed E-state index contributed by atoms with van der Waals surface area (Å²) < 4.78 is 4.79. The van der Waals surface area contributed by atoms with Crippen LogP contribution in [0.25, 0.3) is 0 Å². The molecule has 2 aromatic rings. The minimum Gasteiger partial charge on any atom is -0.468 e. The van der Waals surface area contributed by atoms with Crippen LogP contribution in [-0.2, 0) is 14.3 Å². The van der Waals surface area contributed by atoms with Crippen molar-refractivity contribution in [2.75, 3.05) is 25.5 Å². The van der Waals surface area contributed by atoms with E-state index in [1.807, 2.05) is 31.2 Å². The zero-order valence-electron chi connectivity index (χ0n) is 18.0. The van der Waals surface area contributed by atoms with Gasteiger partial charge in [-0.05, 0) is 51.0 Å². The minimum absolute atomic E-state index is 0.127. The van der Waals surface area contributed by atoms with Crippen molar-refractivity contribution in [3.63, 3.8) is 0 Å². The van der Waals surface area contributed by atoms with Gasteiger partial charge in [0.05, 0.1) is 18.6 Å². The molecule has 1 N–H and O–H groups in total. The molecule has 1 aromatic heterocycles. The number of ether oxygens (including phenoxy) is 1. The van der Waals surface area contributed by atoms with Gasteiger partial charge < -0.3 is 15.0 Å². The van der Waals surface area contributed by atoms with Gasteiger partial charge in [0.1, 0.15) is 11.1 Å². The van der Waals surface area contributed by atoms with Crippen molar-refractivity contribution in [1.29, 1.82) is 0 Å². The van der Waals surface area contributed by atoms with Gasteiger partial charge >= 0.3 is 5.97 Å². The van der Waals surface area contributed by atoms with Crippen LogP contribution >= 0.6 is 11.8 Å². The number of esters is 1. The number of hydrogen-bond acceptors (Lipinski definition) is 6. The molecule has 0 saturated carbocycles. The standard InChI is InChI=1S/C23H27N3O4S/c1-15-8-6-12-20(24-15)25-21(27)17-9-7-13-26(14-17)22(28)18-10-4-5-11-19(18)31-16(2)23(29)30-3/h4-6,8,10-12,16-17H,7,9,13-14H2,1-3H3,(H,24,25,27). The summed E-state index contributed by atoms with van der Waals surface area (Å²) >= 11 is 1.30. The second-order valence-electron chi connectivity index (χ2n) is 7.52. The van der Waals surface area contributed by atoms with Crippen LogP contribution in [0, 0.1) is 12.8 Å². The predicted molar refractivity (Wildman–Crippen MR) is 120 cm³/mol. The summed E-state index contributed by atoms with van der Waals surface area (Å²) in [5, 5.41) is 2.43. The van der Waals surface area contributed by atoms with Crippen molar-refractivity contribution in [3.05, 3.63) is 53.7 Å². The van der Waals surface area contributed by atoms with E-state index in [1.54, 1.807) is 30.0 Å². The van der Waals surface area contributed by atoms with Crippen LogP contribution in [0.5, 0.6) is 0 Å². The molecule has 1 saturated heterocycles. The quantitative estimate of drug-likeness (QED) is 0.545. The third-order valence-electron chi connectivity index (χ3n) is 5.17. The van der Waals surface area contributed by atoms with Gasteiger partial charge in [0.25, 0.3) is 5.91 Å². The number of carbonyl (C=O) groups excluding carboxylic acids is 3. The van der Waals surface area contributed by atoms with Gasteiger partial charge in [-0.2, -0.15) is 0 Å². The first-order chi connectivity index (χ1) is 14.9. The van der Waals surface area contributed by atoms with Gasteiger partial charge in [-0.3, -0.25) is 14.4 Å². The molecular formula is C23H27N3O4S. The van der Waals surface area contributed by atoms with E-state index in [-0.39, 0.29) is 23.7 Å². The highest BCUT2D eigenvalue weighted by molar-refractivity contribution is 8.00. The molecule has 0 aliphatic carbocycles. The number of hydrogen-bond donors (Lipinski definition) is 1. The lowest BCUT2D eigenvalue weighted by atomic mass is 9.96. The smallest absolute Gasteiger partial charge is 0.318 e. The highest BCUT2D eigenvalue weighted by Crippen LogP contribution is 2.29. The maximum Gasteiger partial charge on any atom is 0.318 e. The second-order valence-corrected chi connectivity index (χ2v) is 8.91. The maximum atomic E-state index is 13.3. The number of carbonyl (C=O) groups is 3. The Hall–Kier alpha value is -2.87. The highest BCUT2D eigenvalue weighted by atomic mass is 32.2. The summed E-state index contributed by atoms with van der Waals surface area (Å²) in [5.74, 6) is -0.378. The monoisotopic (exact) mass is 441 g/mol. The zero-order valence-corrected chi connectivity index (χ0v) is 18.8. The predicted octanol–water partition coefficient (Wildman–Crippen LogP) is 3.53. The molecule has 2 heterocycles. The fraction of sp³-hybridized carbons (Fsp3) is 0.391. The third kappa shape index (κ3) is 5.85. The van der Waals surface area contributed by atoms with E-state index in [1.165, 1.54) is 18.9 Å². The van der Waals surface area contributed by atoms with E-state index in [9.17, 15) is 14.4 Å². The molecule has 7 nitrogen and oxygen atoms in total. The van der Waals surface area contributed by atoms with E-state index < -0.39 is 5.25 Å². The average Bonchev–Trinajstić information content (AvgIpc) is 2.78. The number of pyridine rings is 1. The molecule has 2 amide bonds. The molecule has 1 aliphatic rings. The number of thioether (sulfide) groups is 1. The van der Waals surface area contributed by atoms with E-state index >= 15 is 0 Å². The van der Waals surface area contributed by atoms with Gasteiger partial charge in [0, 0.05) is 23.7 Å². The molecule has 0 spiro atoms. The lowest BCUT2D eigenvalue weighted by Crippen LogP contribution is -2.44. The number of piperidine rings is 1. The van der Waals surface area contributed by atoms with Crippen molar-refractivity contribution in [2.45, 2.75) is 36.8 Å². The molecule has 0 radical (unpaired) electrons. The Kier molecular flexibility index (Phi) is 7.68. The molecule has 164 valence electrons. The molecule has 1 aromatic carbocycles. The van der Waals surface area contributed by atoms with E-state index in [2.05, 4.69) is 10.3 Å². The van der Waals surface area contributed by atoms with Crippen molar-refractivity contribution in [2.24, 2.45) is 5.92 Å². The third-order valence-corrected chi connectivity index (χ3v) is 6.33. The number of rotatable bonds is 6. The fourth-order valence-corrected chi connectivity index (χ4v) is 4.55. The summed E-state index contributed by atoms with van der Waals surface area (Å²) in [5.41, 5.74) is 1.36. The first-order valence-electron chi connectivity index (χ1n) is 10.3. The molecule has 1 aliphatic heterocycles. The van der Waals surface area contributed by atoms with Crippen molar-refractivity contribution >= 4 is 35.4 Å². The van der Waals surface area contributed by atoms with E-state index in [0.717, 1.165) is 23.4 Å². The van der Waals surface area contributed by atoms with Crippen molar-refractivity contribution in [3.8, 4) is 0 Å². The van der Waals surface area contributed by atoms with Crippen molar-refractivity contribution in [1.82, 2.24) is 9.88 Å². The fourth-order valence-electron chi connectivity index (χ4n) is 3.54. The number of aryl methyl sites for hydroxylation is 1. The highest BCUT2D eigenvalue weighted by Gasteiger charge is 2.30. The Bertz CT molecular complexity index is 965. The number of aromatic nitrogens is 1. The molecular weight excluding hydrogens is 414 g/mol.